The van der Waals surface area contributed by atoms with Crippen LogP contribution in [0.2, 0.25) is 0 Å². The number of H-pyrrole nitrogens is 1. The smallest absolute Gasteiger partial charge is 0.354 e. The molecular weight excluding hydrogens is 208 g/mol. The van der Waals surface area contributed by atoms with Gasteiger partial charge in [-0.05, 0) is 11.6 Å². The highest BCUT2D eigenvalue weighted by molar-refractivity contribution is 5.87. The largest absolute Gasteiger partial charge is 0.464 e. The summed E-state index contributed by atoms with van der Waals surface area (Å²) in [6.45, 7) is 0.345. The third-order valence-corrected chi connectivity index (χ3v) is 1.72. The van der Waals surface area contributed by atoms with Crippen LogP contribution in [0.4, 0.5) is 0 Å². The van der Waals surface area contributed by atoms with Crippen LogP contribution in [0.3, 0.4) is 0 Å². The van der Waals surface area contributed by atoms with E-state index in [2.05, 4.69) is 31.6 Å². The maximum Gasteiger partial charge on any atom is 0.354 e. The van der Waals surface area contributed by atoms with Gasteiger partial charge >= 0.3 is 5.97 Å². The molecule has 6 nitrogen and oxygen atoms in total. The van der Waals surface area contributed by atoms with Gasteiger partial charge in [-0.2, -0.15) is 0 Å². The van der Waals surface area contributed by atoms with Gasteiger partial charge in [-0.15, -0.1) is 0 Å². The van der Waals surface area contributed by atoms with Gasteiger partial charge in [0, 0.05) is 29.6 Å². The summed E-state index contributed by atoms with van der Waals surface area (Å²) >= 11 is 0. The molecule has 6 heteroatoms. The normalized spacial score (nSPS) is 8.56. The molecule has 1 aromatic heterocycles. The molecule has 82 valence electrons. The van der Waals surface area contributed by atoms with Crippen molar-refractivity contribution in [2.45, 2.75) is 6.42 Å². The Balaban J connectivity index is 2.57. The maximum atomic E-state index is 11.1. The number of aromatic amines is 1. The van der Waals surface area contributed by atoms with Crippen LogP contribution < -0.4 is 0 Å². The summed E-state index contributed by atoms with van der Waals surface area (Å²) in [4.78, 5) is 16.4. The molecule has 1 heterocycles. The van der Waals surface area contributed by atoms with Gasteiger partial charge in [-0.3, -0.25) is 0 Å². The molecule has 0 aliphatic heterocycles. The van der Waals surface area contributed by atoms with Crippen molar-refractivity contribution >= 4 is 5.97 Å². The maximum absolute atomic E-state index is 11.1. The summed E-state index contributed by atoms with van der Waals surface area (Å²) in [6.07, 6.45) is 2.11. The lowest BCUT2D eigenvalue weighted by Gasteiger charge is -1.91. The van der Waals surface area contributed by atoms with Crippen molar-refractivity contribution in [1.29, 1.82) is 0 Å². The van der Waals surface area contributed by atoms with Crippen molar-refractivity contribution < 1.29 is 9.53 Å². The first-order valence-electron chi connectivity index (χ1n) is 4.54. The average Bonchev–Trinajstić information content (AvgIpc) is 2.76. The molecule has 0 aromatic carbocycles. The lowest BCUT2D eigenvalue weighted by atomic mass is 10.3. The molecule has 0 saturated carbocycles. The van der Waals surface area contributed by atoms with Gasteiger partial charge in [-0.1, -0.05) is 17.0 Å². The highest BCUT2D eigenvalue weighted by Gasteiger charge is 2.06. The van der Waals surface area contributed by atoms with Crippen molar-refractivity contribution in [3.05, 3.63) is 34.0 Å². The summed E-state index contributed by atoms with van der Waals surface area (Å²) in [6, 6.07) is 1.60. The van der Waals surface area contributed by atoms with Crippen LogP contribution in [-0.4, -0.2) is 24.6 Å². The number of aromatic nitrogens is 1. The van der Waals surface area contributed by atoms with Crippen LogP contribution in [0.15, 0.2) is 17.4 Å². The zero-order chi connectivity index (χ0) is 11.8. The quantitative estimate of drug-likeness (QED) is 0.209. The second-order valence-electron chi connectivity index (χ2n) is 2.80. The molecule has 0 spiro atoms. The van der Waals surface area contributed by atoms with E-state index in [4.69, 9.17) is 5.53 Å². The Hall–Kier alpha value is -2.38. The molecule has 1 rings (SSSR count). The monoisotopic (exact) mass is 218 g/mol. The molecule has 0 aliphatic carbocycles. The number of hydrogen-bond donors (Lipinski definition) is 1. The average molecular weight is 218 g/mol. The van der Waals surface area contributed by atoms with Crippen LogP contribution in [0.25, 0.3) is 10.4 Å². The number of nitrogens with zero attached hydrogens (tertiary/aromatic N) is 3. The minimum absolute atomic E-state index is 0.345. The first-order valence-corrected chi connectivity index (χ1v) is 4.54. The molecule has 0 saturated heterocycles. The number of nitrogens with one attached hydrogen (secondary N) is 1. The molecule has 1 N–H and O–H groups in total. The van der Waals surface area contributed by atoms with Crippen LogP contribution in [0, 0.1) is 11.8 Å². The van der Waals surface area contributed by atoms with E-state index in [1.807, 2.05) is 0 Å². The fourth-order valence-corrected chi connectivity index (χ4v) is 1.01. The van der Waals surface area contributed by atoms with Crippen molar-refractivity contribution in [3.8, 4) is 11.8 Å². The van der Waals surface area contributed by atoms with Gasteiger partial charge in [-0.25, -0.2) is 4.79 Å². The van der Waals surface area contributed by atoms with Crippen LogP contribution in [0.1, 0.15) is 22.5 Å². The highest BCUT2D eigenvalue weighted by atomic mass is 16.5. The second-order valence-corrected chi connectivity index (χ2v) is 2.80. The standard InChI is InChI=1S/C10H10N4O2/c1-16-10(15)9-6-8(7-12-9)4-2-3-5-13-14-11/h6-7,12H,3,5H2,1H3. The van der Waals surface area contributed by atoms with Gasteiger partial charge in [0.2, 0.25) is 0 Å². The topological polar surface area (TPSA) is 90.8 Å². The lowest BCUT2D eigenvalue weighted by molar-refractivity contribution is 0.0595. The highest BCUT2D eigenvalue weighted by Crippen LogP contribution is 2.03. The fraction of sp³-hybridized carbons (Fsp3) is 0.300. The van der Waals surface area contributed by atoms with Gasteiger partial charge in [0.05, 0.1) is 7.11 Å². The van der Waals surface area contributed by atoms with Crippen molar-refractivity contribution in [1.82, 2.24) is 4.98 Å². The van der Waals surface area contributed by atoms with E-state index in [0.29, 0.717) is 24.2 Å². The molecule has 1 aromatic rings. The minimum Gasteiger partial charge on any atom is -0.464 e. The predicted octanol–water partition coefficient (Wildman–Crippen LogP) is 1.85. The van der Waals surface area contributed by atoms with Crippen LogP contribution >= 0.6 is 0 Å². The van der Waals surface area contributed by atoms with E-state index in [-0.39, 0.29) is 0 Å². The van der Waals surface area contributed by atoms with E-state index in [1.165, 1.54) is 7.11 Å². The van der Waals surface area contributed by atoms with E-state index >= 15 is 0 Å². The Morgan fingerprint density at radius 1 is 1.75 bits per heavy atom. The fourth-order valence-electron chi connectivity index (χ4n) is 1.01. The molecule has 0 bridgehead atoms. The van der Waals surface area contributed by atoms with Crippen LogP contribution in [0.5, 0.6) is 0 Å². The number of rotatable bonds is 3. The number of methoxy groups -OCH3 is 1. The summed E-state index contributed by atoms with van der Waals surface area (Å²) in [5.41, 5.74) is 9.09. The summed E-state index contributed by atoms with van der Waals surface area (Å²) in [5, 5.41) is 3.35. The summed E-state index contributed by atoms with van der Waals surface area (Å²) in [7, 11) is 1.31. The molecule has 0 amide bonds. The number of ether oxygens (including phenoxy) is 1. The first-order chi connectivity index (χ1) is 7.77. The Morgan fingerprint density at radius 2 is 2.56 bits per heavy atom. The third kappa shape index (κ3) is 3.40. The van der Waals surface area contributed by atoms with Gasteiger partial charge < -0.3 is 9.72 Å². The summed E-state index contributed by atoms with van der Waals surface area (Å²) in [5.74, 6) is 5.22. The number of hydrogen-bond acceptors (Lipinski definition) is 3. The van der Waals surface area contributed by atoms with Gasteiger partial charge in [0.15, 0.2) is 0 Å². The Bertz CT molecular complexity index is 474. The third-order valence-electron chi connectivity index (χ3n) is 1.72. The first kappa shape index (κ1) is 11.7. The van der Waals surface area contributed by atoms with E-state index in [1.54, 1.807) is 12.3 Å². The van der Waals surface area contributed by atoms with E-state index in [0.717, 1.165) is 0 Å². The van der Waals surface area contributed by atoms with Crippen LogP contribution in [-0.2, 0) is 4.74 Å². The van der Waals surface area contributed by atoms with Crippen molar-refractivity contribution in [2.75, 3.05) is 13.7 Å². The molecule has 0 radical (unpaired) electrons. The zero-order valence-electron chi connectivity index (χ0n) is 8.73. The number of azide groups is 1. The Kier molecular flexibility index (Phi) is 4.51. The molecular formula is C10H10N4O2. The van der Waals surface area contributed by atoms with Crippen molar-refractivity contribution in [2.24, 2.45) is 5.11 Å². The number of esters is 1. The predicted molar refractivity (Wildman–Crippen MR) is 57.6 cm³/mol. The lowest BCUT2D eigenvalue weighted by Crippen LogP contribution is -2.00. The molecule has 0 fully saturated rings. The van der Waals surface area contributed by atoms with Crippen molar-refractivity contribution in [3.63, 3.8) is 0 Å². The molecule has 16 heavy (non-hydrogen) atoms. The second kappa shape index (κ2) is 6.17. The number of carbonyl (C=O) groups excluding carboxylic acids is 1. The number of carbonyl (C=O) groups is 1. The SMILES string of the molecule is COC(=O)c1cc(C#CCCN=[N+]=[N-])c[nH]1. The van der Waals surface area contributed by atoms with Gasteiger partial charge in [0.1, 0.15) is 5.69 Å². The Morgan fingerprint density at radius 3 is 3.25 bits per heavy atom. The van der Waals surface area contributed by atoms with E-state index < -0.39 is 5.97 Å². The minimum atomic E-state index is -0.429. The van der Waals surface area contributed by atoms with Gasteiger partial charge in [0.25, 0.3) is 0 Å². The molecule has 0 unspecified atom stereocenters. The van der Waals surface area contributed by atoms with E-state index in [9.17, 15) is 4.79 Å². The molecule has 0 atom stereocenters. The molecule has 0 aliphatic rings. The zero-order valence-corrected chi connectivity index (χ0v) is 8.73. The summed E-state index contributed by atoms with van der Waals surface area (Å²) < 4.78 is 4.53. The Labute approximate surface area is 92.2 Å².